The Labute approximate surface area is 103 Å². The highest BCUT2D eigenvalue weighted by molar-refractivity contribution is 4.99. The van der Waals surface area contributed by atoms with Crippen LogP contribution in [0.4, 0.5) is 0 Å². The molecule has 0 aromatic carbocycles. The molecular weight excluding hydrogens is 212 g/mol. The molecule has 4 heteroatoms. The van der Waals surface area contributed by atoms with Crippen LogP contribution < -0.4 is 11.3 Å². The zero-order chi connectivity index (χ0) is 12.1. The normalized spacial score (nSPS) is 26.7. The Hall–Kier alpha value is -1.00. The minimum absolute atomic E-state index is 0.102. The monoisotopic (exact) mass is 234 g/mol. The molecule has 94 valence electrons. The number of nitrogens with zero attached hydrogens (tertiary/aromatic N) is 2. The molecule has 2 rings (SSSR count). The van der Waals surface area contributed by atoms with Gasteiger partial charge in [-0.15, -0.1) is 0 Å². The van der Waals surface area contributed by atoms with Gasteiger partial charge in [0.1, 0.15) is 5.82 Å². The molecule has 0 bridgehead atoms. The van der Waals surface area contributed by atoms with E-state index in [4.69, 9.17) is 5.84 Å². The molecule has 1 aliphatic rings. The fraction of sp³-hybridized carbons (Fsp3) is 0.692. The molecule has 17 heavy (non-hydrogen) atoms. The number of hydrogen-bond donors (Lipinski definition) is 2. The van der Waals surface area contributed by atoms with Gasteiger partial charge in [-0.1, -0.05) is 26.2 Å². The highest BCUT2D eigenvalue weighted by Crippen LogP contribution is 2.37. The summed E-state index contributed by atoms with van der Waals surface area (Å²) in [6.45, 7) is 2.27. The Balaban J connectivity index is 2.08. The van der Waals surface area contributed by atoms with E-state index in [1.54, 1.807) is 12.4 Å². The van der Waals surface area contributed by atoms with Crippen LogP contribution in [0.3, 0.4) is 0 Å². The van der Waals surface area contributed by atoms with Crippen molar-refractivity contribution in [1.29, 1.82) is 0 Å². The number of hydrazine groups is 1. The molecule has 3 unspecified atom stereocenters. The van der Waals surface area contributed by atoms with Crippen molar-refractivity contribution < 1.29 is 0 Å². The predicted molar refractivity (Wildman–Crippen MR) is 67.8 cm³/mol. The number of rotatable bonds is 4. The summed E-state index contributed by atoms with van der Waals surface area (Å²) in [5, 5.41) is 0. The van der Waals surface area contributed by atoms with Crippen LogP contribution in [0.2, 0.25) is 0 Å². The van der Waals surface area contributed by atoms with Crippen LogP contribution in [0.5, 0.6) is 0 Å². The molecule has 1 aromatic rings. The van der Waals surface area contributed by atoms with E-state index < -0.39 is 0 Å². The zero-order valence-corrected chi connectivity index (χ0v) is 10.5. The van der Waals surface area contributed by atoms with Crippen molar-refractivity contribution in [2.75, 3.05) is 0 Å². The molecule has 3 N–H and O–H groups in total. The first-order valence-corrected chi connectivity index (χ1v) is 6.58. The maximum atomic E-state index is 5.69. The van der Waals surface area contributed by atoms with E-state index in [2.05, 4.69) is 22.3 Å². The Kier molecular flexibility index (Phi) is 4.45. The fourth-order valence-corrected chi connectivity index (χ4v) is 2.90. The lowest BCUT2D eigenvalue weighted by Crippen LogP contribution is -2.36. The summed E-state index contributed by atoms with van der Waals surface area (Å²) in [5.74, 6) is 7.93. The van der Waals surface area contributed by atoms with Gasteiger partial charge in [0.05, 0.1) is 6.04 Å². The standard InChI is InChI=1S/C13H22N4/c1-2-10-5-3-6-11(9-10)12(17-14)13-15-7-4-8-16-13/h4,7-8,10-12,17H,2-3,5-6,9,14H2,1H3. The SMILES string of the molecule is CCC1CCCC(C(NN)c2ncccn2)C1. The Bertz CT molecular complexity index is 327. The van der Waals surface area contributed by atoms with E-state index in [-0.39, 0.29) is 6.04 Å². The summed E-state index contributed by atoms with van der Waals surface area (Å²) in [6.07, 6.45) is 9.96. The molecule has 3 atom stereocenters. The van der Waals surface area contributed by atoms with Gasteiger partial charge in [0.15, 0.2) is 0 Å². The first kappa shape index (κ1) is 12.5. The molecule has 4 nitrogen and oxygen atoms in total. The largest absolute Gasteiger partial charge is 0.271 e. The first-order chi connectivity index (χ1) is 8.35. The smallest absolute Gasteiger partial charge is 0.146 e. The second-order valence-corrected chi connectivity index (χ2v) is 4.95. The molecule has 0 amide bonds. The lowest BCUT2D eigenvalue weighted by atomic mass is 9.77. The number of hydrogen-bond acceptors (Lipinski definition) is 4. The summed E-state index contributed by atoms with van der Waals surface area (Å²) in [4.78, 5) is 8.64. The number of nitrogens with two attached hydrogens (primary N) is 1. The van der Waals surface area contributed by atoms with Gasteiger partial charge in [-0.25, -0.2) is 15.4 Å². The molecule has 1 aliphatic carbocycles. The van der Waals surface area contributed by atoms with Crippen molar-refractivity contribution in [3.63, 3.8) is 0 Å². The van der Waals surface area contributed by atoms with Crippen LogP contribution in [0, 0.1) is 11.8 Å². The van der Waals surface area contributed by atoms with Gasteiger partial charge < -0.3 is 0 Å². The number of nitrogens with one attached hydrogen (secondary N) is 1. The summed E-state index contributed by atoms with van der Waals surface area (Å²) in [7, 11) is 0. The third-order valence-electron chi connectivity index (χ3n) is 3.92. The summed E-state index contributed by atoms with van der Waals surface area (Å²) in [6, 6.07) is 1.94. The number of aromatic nitrogens is 2. The van der Waals surface area contributed by atoms with E-state index in [9.17, 15) is 0 Å². The second kappa shape index (κ2) is 6.07. The molecule has 0 aliphatic heterocycles. The third kappa shape index (κ3) is 3.01. The van der Waals surface area contributed by atoms with E-state index in [1.807, 2.05) is 6.07 Å². The predicted octanol–water partition coefficient (Wildman–Crippen LogP) is 2.20. The van der Waals surface area contributed by atoms with Gasteiger partial charge in [0, 0.05) is 12.4 Å². The summed E-state index contributed by atoms with van der Waals surface area (Å²) in [5.41, 5.74) is 2.91. The van der Waals surface area contributed by atoms with Gasteiger partial charge in [-0.2, -0.15) is 0 Å². The van der Waals surface area contributed by atoms with Crippen molar-refractivity contribution in [3.05, 3.63) is 24.3 Å². The van der Waals surface area contributed by atoms with Crippen molar-refractivity contribution in [2.45, 2.75) is 45.1 Å². The molecule has 1 saturated carbocycles. The minimum atomic E-state index is 0.102. The van der Waals surface area contributed by atoms with Crippen molar-refractivity contribution in [2.24, 2.45) is 17.7 Å². The maximum Gasteiger partial charge on any atom is 0.146 e. The third-order valence-corrected chi connectivity index (χ3v) is 3.92. The summed E-state index contributed by atoms with van der Waals surface area (Å²) >= 11 is 0. The van der Waals surface area contributed by atoms with Gasteiger partial charge in [-0.3, -0.25) is 5.84 Å². The Morgan fingerprint density at radius 3 is 2.82 bits per heavy atom. The highest BCUT2D eigenvalue weighted by atomic mass is 15.2. The van der Waals surface area contributed by atoms with Crippen LogP contribution in [-0.4, -0.2) is 9.97 Å². The molecule has 1 heterocycles. The molecule has 0 spiro atoms. The van der Waals surface area contributed by atoms with Gasteiger partial charge in [0.25, 0.3) is 0 Å². The Morgan fingerprint density at radius 2 is 2.18 bits per heavy atom. The van der Waals surface area contributed by atoms with Crippen LogP contribution in [0.1, 0.15) is 50.9 Å². The van der Waals surface area contributed by atoms with Crippen LogP contribution >= 0.6 is 0 Å². The van der Waals surface area contributed by atoms with E-state index in [1.165, 1.54) is 32.1 Å². The van der Waals surface area contributed by atoms with Gasteiger partial charge >= 0.3 is 0 Å². The lowest BCUT2D eigenvalue weighted by molar-refractivity contribution is 0.205. The van der Waals surface area contributed by atoms with Crippen molar-refractivity contribution in [1.82, 2.24) is 15.4 Å². The van der Waals surface area contributed by atoms with Crippen molar-refractivity contribution >= 4 is 0 Å². The lowest BCUT2D eigenvalue weighted by Gasteiger charge is -2.33. The molecule has 0 radical (unpaired) electrons. The Morgan fingerprint density at radius 1 is 1.41 bits per heavy atom. The van der Waals surface area contributed by atoms with E-state index >= 15 is 0 Å². The average molecular weight is 234 g/mol. The highest BCUT2D eigenvalue weighted by Gasteiger charge is 2.29. The van der Waals surface area contributed by atoms with Crippen LogP contribution in [-0.2, 0) is 0 Å². The van der Waals surface area contributed by atoms with E-state index in [0.29, 0.717) is 5.92 Å². The zero-order valence-electron chi connectivity index (χ0n) is 10.5. The van der Waals surface area contributed by atoms with Gasteiger partial charge in [0.2, 0.25) is 0 Å². The second-order valence-electron chi connectivity index (χ2n) is 4.95. The minimum Gasteiger partial charge on any atom is -0.271 e. The average Bonchev–Trinajstić information content (AvgIpc) is 2.41. The summed E-state index contributed by atoms with van der Waals surface area (Å²) < 4.78 is 0. The molecule has 0 saturated heterocycles. The first-order valence-electron chi connectivity index (χ1n) is 6.58. The molecule has 1 aromatic heterocycles. The fourth-order valence-electron chi connectivity index (χ4n) is 2.90. The van der Waals surface area contributed by atoms with Crippen LogP contribution in [0.15, 0.2) is 18.5 Å². The van der Waals surface area contributed by atoms with Crippen molar-refractivity contribution in [3.8, 4) is 0 Å². The quantitative estimate of drug-likeness (QED) is 0.619. The van der Waals surface area contributed by atoms with E-state index in [0.717, 1.165) is 11.7 Å². The molecule has 1 fully saturated rings. The molecular formula is C13H22N4. The maximum absolute atomic E-state index is 5.69. The topological polar surface area (TPSA) is 63.8 Å². The van der Waals surface area contributed by atoms with Gasteiger partial charge in [-0.05, 0) is 30.7 Å². The van der Waals surface area contributed by atoms with Crippen LogP contribution in [0.25, 0.3) is 0 Å².